The summed E-state index contributed by atoms with van der Waals surface area (Å²) < 4.78 is 10.7. The molecule has 2 heterocycles. The van der Waals surface area contributed by atoms with Gasteiger partial charge in [-0.3, -0.25) is 0 Å². The number of hydrogen-bond donors (Lipinski definition) is 1. The molecule has 29 heavy (non-hydrogen) atoms. The third kappa shape index (κ3) is 4.22. The fraction of sp³-hybridized carbons (Fsp3) is 0.136. The second-order valence-electron chi connectivity index (χ2n) is 6.47. The van der Waals surface area contributed by atoms with Crippen LogP contribution in [0.5, 0.6) is 5.75 Å². The Bertz CT molecular complexity index is 1090. The van der Waals surface area contributed by atoms with Gasteiger partial charge in [-0.1, -0.05) is 28.9 Å². The van der Waals surface area contributed by atoms with E-state index in [0.29, 0.717) is 22.6 Å². The van der Waals surface area contributed by atoms with E-state index in [9.17, 15) is 0 Å². The molecule has 4 rings (SSSR count). The van der Waals surface area contributed by atoms with Crippen LogP contribution in [0.15, 0.2) is 71.4 Å². The average molecular weight is 407 g/mol. The zero-order chi connectivity index (χ0) is 20.2. The maximum atomic E-state index is 5.98. The van der Waals surface area contributed by atoms with Gasteiger partial charge in [0.1, 0.15) is 11.6 Å². The lowest BCUT2D eigenvalue weighted by atomic mass is 10.1. The predicted octanol–water partition coefficient (Wildman–Crippen LogP) is 5.63. The van der Waals surface area contributed by atoms with Gasteiger partial charge in [0.2, 0.25) is 5.82 Å². The standard InChI is InChI=1S/C22H19ClN4O2/c1-14(15-5-9-17(23)10-6-15)25-21-19(4-3-13-24-21)22-26-20(27-29-22)16-7-11-18(28-2)12-8-16/h3-14H,1-2H3,(H,24,25)/t14-/m0/s1. The van der Waals surface area contributed by atoms with E-state index in [4.69, 9.17) is 20.9 Å². The summed E-state index contributed by atoms with van der Waals surface area (Å²) >= 11 is 5.98. The Balaban J connectivity index is 1.59. The molecule has 1 atom stereocenters. The lowest BCUT2D eigenvalue weighted by molar-refractivity contribution is 0.415. The molecule has 0 amide bonds. The number of rotatable bonds is 6. The monoisotopic (exact) mass is 406 g/mol. The zero-order valence-corrected chi connectivity index (χ0v) is 16.7. The molecule has 2 aromatic heterocycles. The number of pyridine rings is 1. The molecule has 0 bridgehead atoms. The van der Waals surface area contributed by atoms with Crippen LogP contribution in [0.4, 0.5) is 5.82 Å². The van der Waals surface area contributed by atoms with Crippen LogP contribution in [0, 0.1) is 0 Å². The smallest absolute Gasteiger partial charge is 0.261 e. The van der Waals surface area contributed by atoms with Crippen molar-refractivity contribution in [2.24, 2.45) is 0 Å². The summed E-state index contributed by atoms with van der Waals surface area (Å²) in [5.41, 5.74) is 2.67. The molecule has 0 aliphatic heterocycles. The minimum atomic E-state index is 0.0184. The number of benzene rings is 2. The van der Waals surface area contributed by atoms with E-state index in [1.807, 2.05) is 60.7 Å². The first kappa shape index (κ1) is 19.0. The fourth-order valence-electron chi connectivity index (χ4n) is 2.92. The van der Waals surface area contributed by atoms with E-state index >= 15 is 0 Å². The van der Waals surface area contributed by atoms with Gasteiger partial charge in [0.05, 0.1) is 12.7 Å². The van der Waals surface area contributed by atoms with Crippen molar-refractivity contribution in [3.8, 4) is 28.6 Å². The minimum Gasteiger partial charge on any atom is -0.497 e. The molecule has 0 spiro atoms. The van der Waals surface area contributed by atoms with Crippen molar-refractivity contribution in [3.63, 3.8) is 0 Å². The Hall–Kier alpha value is -3.38. The second kappa shape index (κ2) is 8.32. The predicted molar refractivity (Wildman–Crippen MR) is 113 cm³/mol. The molecule has 0 saturated heterocycles. The molecule has 7 heteroatoms. The Morgan fingerprint density at radius 1 is 1.03 bits per heavy atom. The summed E-state index contributed by atoms with van der Waals surface area (Å²) in [6, 6.07) is 18.9. The van der Waals surface area contributed by atoms with Gasteiger partial charge in [-0.05, 0) is 61.0 Å². The number of hydrogen-bond acceptors (Lipinski definition) is 6. The van der Waals surface area contributed by atoms with Crippen molar-refractivity contribution in [1.29, 1.82) is 0 Å². The lowest BCUT2D eigenvalue weighted by Gasteiger charge is -2.16. The molecule has 0 fully saturated rings. The highest BCUT2D eigenvalue weighted by molar-refractivity contribution is 6.30. The normalized spacial score (nSPS) is 11.8. The van der Waals surface area contributed by atoms with E-state index in [1.165, 1.54) is 0 Å². The van der Waals surface area contributed by atoms with Crippen molar-refractivity contribution < 1.29 is 9.26 Å². The number of halogens is 1. The molecule has 0 aliphatic carbocycles. The lowest BCUT2D eigenvalue weighted by Crippen LogP contribution is -2.08. The van der Waals surface area contributed by atoms with Crippen LogP contribution in [0.1, 0.15) is 18.5 Å². The molecular formula is C22H19ClN4O2. The van der Waals surface area contributed by atoms with E-state index in [0.717, 1.165) is 22.4 Å². The average Bonchev–Trinajstić information content (AvgIpc) is 3.25. The quantitative estimate of drug-likeness (QED) is 0.447. The van der Waals surface area contributed by atoms with Crippen molar-refractivity contribution in [3.05, 3.63) is 77.4 Å². The van der Waals surface area contributed by atoms with Crippen LogP contribution in [0.3, 0.4) is 0 Å². The highest BCUT2D eigenvalue weighted by Crippen LogP contribution is 2.30. The molecule has 146 valence electrons. The Morgan fingerprint density at radius 3 is 2.52 bits per heavy atom. The number of methoxy groups -OCH3 is 1. The number of ether oxygens (including phenoxy) is 1. The summed E-state index contributed by atoms with van der Waals surface area (Å²) in [6.45, 7) is 2.05. The van der Waals surface area contributed by atoms with Crippen LogP contribution < -0.4 is 10.1 Å². The van der Waals surface area contributed by atoms with E-state index in [2.05, 4.69) is 27.4 Å². The van der Waals surface area contributed by atoms with Gasteiger partial charge in [0.25, 0.3) is 5.89 Å². The minimum absolute atomic E-state index is 0.0184. The van der Waals surface area contributed by atoms with E-state index < -0.39 is 0 Å². The molecule has 0 unspecified atom stereocenters. The van der Waals surface area contributed by atoms with E-state index in [1.54, 1.807) is 13.3 Å². The highest BCUT2D eigenvalue weighted by atomic mass is 35.5. The van der Waals surface area contributed by atoms with Crippen molar-refractivity contribution >= 4 is 17.4 Å². The van der Waals surface area contributed by atoms with E-state index in [-0.39, 0.29) is 6.04 Å². The third-order valence-electron chi connectivity index (χ3n) is 4.54. The van der Waals surface area contributed by atoms with Gasteiger partial charge < -0.3 is 14.6 Å². The first-order valence-electron chi connectivity index (χ1n) is 9.09. The Kier molecular flexibility index (Phi) is 5.44. The zero-order valence-electron chi connectivity index (χ0n) is 16.0. The summed E-state index contributed by atoms with van der Waals surface area (Å²) in [6.07, 6.45) is 1.72. The number of nitrogens with one attached hydrogen (secondary N) is 1. The van der Waals surface area contributed by atoms with Gasteiger partial charge >= 0.3 is 0 Å². The van der Waals surface area contributed by atoms with Crippen molar-refractivity contribution in [1.82, 2.24) is 15.1 Å². The summed E-state index contributed by atoms with van der Waals surface area (Å²) in [4.78, 5) is 9.00. The summed E-state index contributed by atoms with van der Waals surface area (Å²) in [5.74, 6) is 2.34. The number of aromatic nitrogens is 3. The molecule has 4 aromatic rings. The number of anilines is 1. The molecular weight excluding hydrogens is 388 g/mol. The van der Waals surface area contributed by atoms with Crippen LogP contribution in [0.25, 0.3) is 22.8 Å². The Morgan fingerprint density at radius 2 is 1.79 bits per heavy atom. The first-order valence-corrected chi connectivity index (χ1v) is 9.47. The topological polar surface area (TPSA) is 73.1 Å². The molecule has 1 N–H and O–H groups in total. The van der Waals surface area contributed by atoms with Gasteiger partial charge in [-0.2, -0.15) is 4.98 Å². The molecule has 0 saturated carbocycles. The van der Waals surface area contributed by atoms with Gasteiger partial charge in [0, 0.05) is 22.8 Å². The molecule has 0 radical (unpaired) electrons. The molecule has 6 nitrogen and oxygen atoms in total. The maximum absolute atomic E-state index is 5.98. The van der Waals surface area contributed by atoms with Crippen LogP contribution in [-0.2, 0) is 0 Å². The maximum Gasteiger partial charge on any atom is 0.261 e. The highest BCUT2D eigenvalue weighted by Gasteiger charge is 2.17. The largest absolute Gasteiger partial charge is 0.497 e. The van der Waals surface area contributed by atoms with Crippen LogP contribution >= 0.6 is 11.6 Å². The van der Waals surface area contributed by atoms with Crippen LogP contribution in [0.2, 0.25) is 5.02 Å². The third-order valence-corrected chi connectivity index (χ3v) is 4.79. The second-order valence-corrected chi connectivity index (χ2v) is 6.91. The summed E-state index contributed by atoms with van der Waals surface area (Å²) in [7, 11) is 1.63. The molecule has 2 aromatic carbocycles. The van der Waals surface area contributed by atoms with Gasteiger partial charge in [-0.25, -0.2) is 4.98 Å². The number of nitrogens with zero attached hydrogens (tertiary/aromatic N) is 3. The van der Waals surface area contributed by atoms with Gasteiger partial charge in [0.15, 0.2) is 0 Å². The van der Waals surface area contributed by atoms with Crippen molar-refractivity contribution in [2.75, 3.05) is 12.4 Å². The first-order chi connectivity index (χ1) is 14.1. The Labute approximate surface area is 173 Å². The summed E-state index contributed by atoms with van der Waals surface area (Å²) in [5, 5.41) is 8.22. The van der Waals surface area contributed by atoms with Gasteiger partial charge in [-0.15, -0.1) is 0 Å². The SMILES string of the molecule is COc1ccc(-c2noc(-c3cccnc3N[C@@H](C)c3ccc(Cl)cc3)n2)cc1. The fourth-order valence-corrected chi connectivity index (χ4v) is 3.05. The molecule has 0 aliphatic rings. The van der Waals surface area contributed by atoms with Crippen LogP contribution in [-0.4, -0.2) is 22.2 Å². The van der Waals surface area contributed by atoms with Crippen molar-refractivity contribution in [2.45, 2.75) is 13.0 Å².